The Hall–Kier alpha value is -1.66. The van der Waals surface area contributed by atoms with Gasteiger partial charge in [0.1, 0.15) is 6.04 Å². The zero-order valence-corrected chi connectivity index (χ0v) is 10.9. The third-order valence-electron chi connectivity index (χ3n) is 2.69. The van der Waals surface area contributed by atoms with Gasteiger partial charge in [-0.1, -0.05) is 6.07 Å². The van der Waals surface area contributed by atoms with Gasteiger partial charge >= 0.3 is 5.97 Å². The molecule has 2 aromatic rings. The molecule has 1 atom stereocenters. The van der Waals surface area contributed by atoms with E-state index in [1.165, 1.54) is 0 Å². The van der Waals surface area contributed by atoms with Crippen LogP contribution in [0.3, 0.4) is 0 Å². The average molecular weight is 265 g/mol. The first-order chi connectivity index (χ1) is 8.72. The summed E-state index contributed by atoms with van der Waals surface area (Å²) in [5, 5.41) is 14.3. The third-order valence-corrected chi connectivity index (χ3v) is 3.56. The first-order valence-electron chi connectivity index (χ1n) is 5.71. The van der Waals surface area contributed by atoms with Crippen molar-refractivity contribution in [1.82, 2.24) is 14.9 Å². The second kappa shape index (κ2) is 5.79. The summed E-state index contributed by atoms with van der Waals surface area (Å²) in [4.78, 5) is 16.4. The zero-order chi connectivity index (χ0) is 13.0. The molecule has 18 heavy (non-hydrogen) atoms. The molecule has 0 amide bonds. The van der Waals surface area contributed by atoms with E-state index in [-0.39, 0.29) is 0 Å². The van der Waals surface area contributed by atoms with E-state index in [4.69, 9.17) is 0 Å². The summed E-state index contributed by atoms with van der Waals surface area (Å²) in [5.41, 5.74) is 0.682. The van der Waals surface area contributed by atoms with Crippen molar-refractivity contribution in [2.45, 2.75) is 26.1 Å². The fourth-order valence-electron chi connectivity index (χ4n) is 1.77. The van der Waals surface area contributed by atoms with Crippen LogP contribution in [0.25, 0.3) is 0 Å². The van der Waals surface area contributed by atoms with Crippen LogP contribution in [0.4, 0.5) is 0 Å². The lowest BCUT2D eigenvalue weighted by Gasteiger charge is -2.15. The highest BCUT2D eigenvalue weighted by Gasteiger charge is 2.22. The minimum atomic E-state index is -0.887. The van der Waals surface area contributed by atoms with E-state index in [2.05, 4.69) is 10.3 Å². The van der Waals surface area contributed by atoms with Crippen LogP contribution in [0.15, 0.2) is 30.0 Å². The molecule has 0 aromatic carbocycles. The lowest BCUT2D eigenvalue weighted by molar-refractivity contribution is -0.139. The summed E-state index contributed by atoms with van der Waals surface area (Å²) in [5.74, 6) is -0.887. The summed E-state index contributed by atoms with van der Waals surface area (Å²) >= 11 is 1.61. The maximum Gasteiger partial charge on any atom is 0.326 e. The first kappa shape index (κ1) is 12.8. The van der Waals surface area contributed by atoms with Gasteiger partial charge in [-0.15, -0.1) is 11.3 Å². The minimum absolute atomic E-state index is 0.545. The van der Waals surface area contributed by atoms with E-state index < -0.39 is 12.0 Å². The highest BCUT2D eigenvalue weighted by molar-refractivity contribution is 7.09. The van der Waals surface area contributed by atoms with Gasteiger partial charge in [-0.05, 0) is 18.4 Å². The molecule has 96 valence electrons. The molecule has 0 aliphatic rings. The molecule has 6 heteroatoms. The zero-order valence-electron chi connectivity index (χ0n) is 10.0. The number of nitrogens with zero attached hydrogens (tertiary/aromatic N) is 2. The highest BCUT2D eigenvalue weighted by atomic mass is 32.1. The van der Waals surface area contributed by atoms with E-state index in [9.17, 15) is 9.90 Å². The summed E-state index contributed by atoms with van der Waals surface area (Å²) in [6.07, 6.45) is 3.25. The van der Waals surface area contributed by atoms with E-state index in [0.29, 0.717) is 18.8 Å². The number of imidazole rings is 1. The Morgan fingerprint density at radius 3 is 3.11 bits per heavy atom. The van der Waals surface area contributed by atoms with Gasteiger partial charge in [0.05, 0.1) is 18.2 Å². The van der Waals surface area contributed by atoms with E-state index in [0.717, 1.165) is 4.88 Å². The lowest BCUT2D eigenvalue weighted by atomic mass is 10.2. The van der Waals surface area contributed by atoms with Crippen molar-refractivity contribution in [3.8, 4) is 0 Å². The predicted octanol–water partition coefficient (Wildman–Crippen LogP) is 1.88. The van der Waals surface area contributed by atoms with Gasteiger partial charge in [0.25, 0.3) is 0 Å². The lowest BCUT2D eigenvalue weighted by Crippen LogP contribution is -2.29. The molecule has 2 N–H and O–H groups in total. The Bertz CT molecular complexity index is 507. The van der Waals surface area contributed by atoms with Gasteiger partial charge in [0.2, 0.25) is 0 Å². The summed E-state index contributed by atoms with van der Waals surface area (Å²) in [7, 11) is 0. The molecule has 0 aliphatic heterocycles. The van der Waals surface area contributed by atoms with Crippen LogP contribution in [-0.4, -0.2) is 20.6 Å². The van der Waals surface area contributed by atoms with E-state index in [1.54, 1.807) is 23.9 Å². The normalized spacial score (nSPS) is 12.5. The molecule has 2 rings (SSSR count). The molecule has 0 saturated heterocycles. The van der Waals surface area contributed by atoms with Crippen LogP contribution in [-0.2, 0) is 17.9 Å². The molecule has 0 saturated carbocycles. The predicted molar refractivity (Wildman–Crippen MR) is 69.4 cm³/mol. The fourth-order valence-corrected chi connectivity index (χ4v) is 2.43. The maximum absolute atomic E-state index is 11.3. The number of hydrogen-bond acceptors (Lipinski definition) is 4. The number of aryl methyl sites for hydroxylation is 1. The number of hydrogen-bond donors (Lipinski definition) is 2. The second-order valence-corrected chi connectivity index (χ2v) is 4.87. The van der Waals surface area contributed by atoms with Gasteiger partial charge in [0.15, 0.2) is 0 Å². The Kier molecular flexibility index (Phi) is 4.11. The van der Waals surface area contributed by atoms with Gasteiger partial charge < -0.3 is 9.67 Å². The van der Waals surface area contributed by atoms with Crippen molar-refractivity contribution in [2.75, 3.05) is 0 Å². The minimum Gasteiger partial charge on any atom is -0.480 e. The van der Waals surface area contributed by atoms with Crippen molar-refractivity contribution in [1.29, 1.82) is 0 Å². The number of aromatic nitrogens is 2. The number of nitrogens with one attached hydrogen (secondary N) is 1. The summed E-state index contributed by atoms with van der Waals surface area (Å²) < 4.78 is 1.83. The van der Waals surface area contributed by atoms with Crippen molar-refractivity contribution < 1.29 is 9.90 Å². The van der Waals surface area contributed by atoms with Gasteiger partial charge in [-0.2, -0.15) is 0 Å². The number of thiophene rings is 1. The van der Waals surface area contributed by atoms with Crippen molar-refractivity contribution in [2.24, 2.45) is 0 Å². The number of carboxylic acids is 1. The smallest absolute Gasteiger partial charge is 0.326 e. The first-order valence-corrected chi connectivity index (χ1v) is 6.59. The molecule has 0 bridgehead atoms. The molecule has 1 unspecified atom stereocenters. The summed E-state index contributed by atoms with van der Waals surface area (Å²) in [6.45, 7) is 3.21. The van der Waals surface area contributed by atoms with Crippen LogP contribution in [0, 0.1) is 0 Å². The van der Waals surface area contributed by atoms with Crippen molar-refractivity contribution in [3.63, 3.8) is 0 Å². The maximum atomic E-state index is 11.3. The standard InChI is InChI=1S/C12H15N3O2S/c1-2-15-8-13-7-10(15)11(12(16)17)14-6-9-4-3-5-18-9/h3-5,7-8,11,14H,2,6H2,1H3,(H,16,17). The molecule has 2 aromatic heterocycles. The fraction of sp³-hybridized carbons (Fsp3) is 0.333. The van der Waals surface area contributed by atoms with Crippen LogP contribution in [0.1, 0.15) is 23.5 Å². The monoisotopic (exact) mass is 265 g/mol. The molecule has 0 spiro atoms. The van der Waals surface area contributed by atoms with Crippen molar-refractivity contribution >= 4 is 17.3 Å². The molecular weight excluding hydrogens is 250 g/mol. The molecule has 0 fully saturated rings. The van der Waals surface area contributed by atoms with Gasteiger partial charge in [-0.25, -0.2) is 4.98 Å². The topological polar surface area (TPSA) is 67.2 Å². The summed E-state index contributed by atoms with van der Waals surface area (Å²) in [6, 6.07) is 3.20. The van der Waals surface area contributed by atoms with Gasteiger partial charge in [-0.3, -0.25) is 10.1 Å². The third kappa shape index (κ3) is 2.77. The van der Waals surface area contributed by atoms with E-state index >= 15 is 0 Å². The second-order valence-electron chi connectivity index (χ2n) is 3.84. The highest BCUT2D eigenvalue weighted by Crippen LogP contribution is 2.15. The molecule has 0 aliphatic carbocycles. The van der Waals surface area contributed by atoms with Crippen molar-refractivity contribution in [3.05, 3.63) is 40.6 Å². The largest absolute Gasteiger partial charge is 0.480 e. The number of carbonyl (C=O) groups is 1. The molecule has 5 nitrogen and oxygen atoms in total. The van der Waals surface area contributed by atoms with Crippen LogP contribution >= 0.6 is 11.3 Å². The van der Waals surface area contributed by atoms with E-state index in [1.807, 2.05) is 29.0 Å². The number of aliphatic carboxylic acids is 1. The Morgan fingerprint density at radius 1 is 1.67 bits per heavy atom. The van der Waals surface area contributed by atoms with Gasteiger partial charge in [0, 0.05) is 18.0 Å². The molecule has 0 radical (unpaired) electrons. The average Bonchev–Trinajstić information content (AvgIpc) is 2.99. The Morgan fingerprint density at radius 2 is 2.50 bits per heavy atom. The van der Waals surface area contributed by atoms with Crippen LogP contribution < -0.4 is 5.32 Å². The number of rotatable bonds is 6. The molecule has 2 heterocycles. The quantitative estimate of drug-likeness (QED) is 0.837. The Balaban J connectivity index is 2.11. The molecular formula is C12H15N3O2S. The Labute approximate surface area is 109 Å². The van der Waals surface area contributed by atoms with Crippen LogP contribution in [0.5, 0.6) is 0 Å². The number of carboxylic acid groups (broad SMARTS) is 1. The van der Waals surface area contributed by atoms with Crippen LogP contribution in [0.2, 0.25) is 0 Å². The SMILES string of the molecule is CCn1cncc1C(NCc1cccs1)C(=O)O.